The number of carbonyl (C=O) groups excluding carboxylic acids is 1. The molecule has 28 heavy (non-hydrogen) atoms. The number of carboxylic acids is 1. The summed E-state index contributed by atoms with van der Waals surface area (Å²) < 4.78 is 0. The molecule has 0 radical (unpaired) electrons. The summed E-state index contributed by atoms with van der Waals surface area (Å²) in [5, 5.41) is 12.6. The smallest absolute Gasteiger partial charge is 0.334 e. The lowest BCUT2D eigenvalue weighted by Crippen LogP contribution is -2.51. The molecule has 1 atom stereocenters. The van der Waals surface area contributed by atoms with E-state index in [0.29, 0.717) is 18.4 Å². The molecule has 0 aliphatic rings. The van der Waals surface area contributed by atoms with E-state index in [1.165, 1.54) is 51.4 Å². The van der Waals surface area contributed by atoms with E-state index >= 15 is 0 Å². The molecule has 4 heteroatoms. The SMILES string of the molecule is CCCCCCCCCCCCCC(=O)NC(CC)(C(=O)O)c1ccccc1. The van der Waals surface area contributed by atoms with Crippen LogP contribution >= 0.6 is 0 Å². The lowest BCUT2D eigenvalue weighted by molar-refractivity contribution is -0.148. The minimum Gasteiger partial charge on any atom is -0.479 e. The zero-order valence-electron chi connectivity index (χ0n) is 17.8. The van der Waals surface area contributed by atoms with Gasteiger partial charge in [-0.3, -0.25) is 4.79 Å². The Hall–Kier alpha value is -1.84. The topological polar surface area (TPSA) is 66.4 Å². The Morgan fingerprint density at radius 3 is 1.79 bits per heavy atom. The third-order valence-corrected chi connectivity index (χ3v) is 5.52. The van der Waals surface area contributed by atoms with Crippen molar-refractivity contribution in [3.05, 3.63) is 35.9 Å². The van der Waals surface area contributed by atoms with E-state index in [2.05, 4.69) is 12.2 Å². The first-order chi connectivity index (χ1) is 13.6. The lowest BCUT2D eigenvalue weighted by atomic mass is 9.87. The molecule has 0 fully saturated rings. The van der Waals surface area contributed by atoms with Crippen LogP contribution in [0.5, 0.6) is 0 Å². The van der Waals surface area contributed by atoms with Gasteiger partial charge in [-0.05, 0) is 18.4 Å². The Kier molecular flexibility index (Phi) is 12.3. The van der Waals surface area contributed by atoms with E-state index in [9.17, 15) is 14.7 Å². The van der Waals surface area contributed by atoms with Crippen molar-refractivity contribution in [2.45, 2.75) is 103 Å². The number of amides is 1. The number of carbonyl (C=O) groups is 2. The number of unbranched alkanes of at least 4 members (excludes halogenated alkanes) is 10. The van der Waals surface area contributed by atoms with Crippen molar-refractivity contribution in [2.24, 2.45) is 0 Å². The van der Waals surface area contributed by atoms with Crippen LogP contribution in [0.2, 0.25) is 0 Å². The standard InChI is InChI=1S/C24H39NO3/c1-3-5-6-7-8-9-10-11-12-13-17-20-22(26)25-24(4-2,23(27)28)21-18-15-14-16-19-21/h14-16,18-19H,3-13,17,20H2,1-2H3,(H,25,26)(H,27,28). The van der Waals surface area contributed by atoms with Crippen molar-refractivity contribution in [1.82, 2.24) is 5.32 Å². The molecule has 1 aromatic rings. The number of aliphatic carboxylic acids is 1. The third kappa shape index (κ3) is 8.45. The molecule has 0 saturated carbocycles. The minimum absolute atomic E-state index is 0.177. The first kappa shape index (κ1) is 24.2. The van der Waals surface area contributed by atoms with E-state index in [4.69, 9.17) is 0 Å². The van der Waals surface area contributed by atoms with Crippen LogP contribution in [0.15, 0.2) is 30.3 Å². The molecule has 1 unspecified atom stereocenters. The van der Waals surface area contributed by atoms with Gasteiger partial charge in [0.1, 0.15) is 0 Å². The zero-order valence-corrected chi connectivity index (χ0v) is 17.8. The van der Waals surface area contributed by atoms with Gasteiger partial charge >= 0.3 is 5.97 Å². The molecule has 0 aliphatic heterocycles. The Labute approximate surface area is 171 Å². The molecule has 1 aromatic carbocycles. The second-order valence-corrected chi connectivity index (χ2v) is 7.76. The predicted octanol–water partition coefficient (Wildman–Crippen LogP) is 6.19. The van der Waals surface area contributed by atoms with Crippen molar-refractivity contribution in [1.29, 1.82) is 0 Å². The maximum absolute atomic E-state index is 12.4. The second kappa shape index (κ2) is 14.2. The molecule has 0 spiro atoms. The average Bonchev–Trinajstić information content (AvgIpc) is 2.70. The van der Waals surface area contributed by atoms with Crippen LogP contribution in [0.25, 0.3) is 0 Å². The molecule has 0 saturated heterocycles. The predicted molar refractivity (Wildman–Crippen MR) is 115 cm³/mol. The summed E-state index contributed by atoms with van der Waals surface area (Å²) in [4.78, 5) is 24.3. The minimum atomic E-state index is -1.34. The first-order valence-corrected chi connectivity index (χ1v) is 11.2. The Balaban J connectivity index is 2.27. The lowest BCUT2D eigenvalue weighted by Gasteiger charge is -2.30. The molecule has 0 bridgehead atoms. The molecule has 0 aromatic heterocycles. The average molecular weight is 390 g/mol. The van der Waals surface area contributed by atoms with Gasteiger partial charge in [0.15, 0.2) is 5.54 Å². The van der Waals surface area contributed by atoms with E-state index in [1.807, 2.05) is 6.07 Å². The maximum Gasteiger partial charge on any atom is 0.334 e. The van der Waals surface area contributed by atoms with Crippen LogP contribution in [0, 0.1) is 0 Å². The highest BCUT2D eigenvalue weighted by molar-refractivity contribution is 5.88. The van der Waals surface area contributed by atoms with Crippen LogP contribution < -0.4 is 5.32 Å². The van der Waals surface area contributed by atoms with Crippen LogP contribution in [0.3, 0.4) is 0 Å². The molecule has 0 heterocycles. The number of benzene rings is 1. The van der Waals surface area contributed by atoms with Gasteiger partial charge in [0.2, 0.25) is 5.91 Å². The molecule has 158 valence electrons. The van der Waals surface area contributed by atoms with Crippen molar-refractivity contribution in [3.63, 3.8) is 0 Å². The van der Waals surface area contributed by atoms with Gasteiger partial charge in [-0.25, -0.2) is 4.79 Å². The molecule has 0 aliphatic carbocycles. The van der Waals surface area contributed by atoms with Gasteiger partial charge in [0, 0.05) is 6.42 Å². The summed E-state index contributed by atoms with van der Waals surface area (Å²) in [6.45, 7) is 4.04. The molecule has 4 nitrogen and oxygen atoms in total. The summed E-state index contributed by atoms with van der Waals surface area (Å²) >= 11 is 0. The second-order valence-electron chi connectivity index (χ2n) is 7.76. The number of hydrogen-bond acceptors (Lipinski definition) is 2. The van der Waals surface area contributed by atoms with Gasteiger partial charge < -0.3 is 10.4 Å². The number of hydrogen-bond donors (Lipinski definition) is 2. The van der Waals surface area contributed by atoms with Crippen molar-refractivity contribution < 1.29 is 14.7 Å². The fourth-order valence-corrected chi connectivity index (χ4v) is 3.67. The summed E-state index contributed by atoms with van der Waals surface area (Å²) in [6.07, 6.45) is 14.2. The zero-order chi connectivity index (χ0) is 20.7. The largest absolute Gasteiger partial charge is 0.479 e. The fraction of sp³-hybridized carbons (Fsp3) is 0.667. The fourth-order valence-electron chi connectivity index (χ4n) is 3.67. The summed E-state index contributed by atoms with van der Waals surface area (Å²) in [7, 11) is 0. The number of nitrogens with one attached hydrogen (secondary N) is 1. The van der Waals surface area contributed by atoms with Gasteiger partial charge in [-0.15, -0.1) is 0 Å². The number of carboxylic acid groups (broad SMARTS) is 1. The summed E-state index contributed by atoms with van der Waals surface area (Å²) in [5.41, 5.74) is -0.715. The molecule has 2 N–H and O–H groups in total. The molecular formula is C24H39NO3. The van der Waals surface area contributed by atoms with E-state index in [0.717, 1.165) is 19.3 Å². The van der Waals surface area contributed by atoms with Crippen LogP contribution in [-0.4, -0.2) is 17.0 Å². The van der Waals surface area contributed by atoms with Gasteiger partial charge in [0.25, 0.3) is 0 Å². The molecular weight excluding hydrogens is 350 g/mol. The molecule has 1 rings (SSSR count). The van der Waals surface area contributed by atoms with Crippen molar-refractivity contribution in [3.8, 4) is 0 Å². The highest BCUT2D eigenvalue weighted by Gasteiger charge is 2.39. The van der Waals surface area contributed by atoms with Gasteiger partial charge in [0.05, 0.1) is 0 Å². The van der Waals surface area contributed by atoms with Crippen LogP contribution in [0.1, 0.15) is 103 Å². The van der Waals surface area contributed by atoms with Gasteiger partial charge in [-0.2, -0.15) is 0 Å². The third-order valence-electron chi connectivity index (χ3n) is 5.52. The first-order valence-electron chi connectivity index (χ1n) is 11.2. The Bertz CT molecular complexity index is 558. The maximum atomic E-state index is 12.4. The monoisotopic (exact) mass is 389 g/mol. The highest BCUT2D eigenvalue weighted by Crippen LogP contribution is 2.26. The van der Waals surface area contributed by atoms with Crippen molar-refractivity contribution >= 4 is 11.9 Å². The number of rotatable bonds is 16. The summed E-state index contributed by atoms with van der Waals surface area (Å²) in [5.74, 6) is -1.18. The Morgan fingerprint density at radius 1 is 0.821 bits per heavy atom. The normalized spacial score (nSPS) is 13.1. The van der Waals surface area contributed by atoms with E-state index < -0.39 is 11.5 Å². The quantitative estimate of drug-likeness (QED) is 0.331. The van der Waals surface area contributed by atoms with Crippen LogP contribution in [-0.2, 0) is 15.1 Å². The van der Waals surface area contributed by atoms with E-state index in [-0.39, 0.29) is 5.91 Å². The van der Waals surface area contributed by atoms with Crippen LogP contribution in [0.4, 0.5) is 0 Å². The Morgan fingerprint density at radius 2 is 1.32 bits per heavy atom. The summed E-state index contributed by atoms with van der Waals surface area (Å²) in [6, 6.07) is 8.98. The highest BCUT2D eigenvalue weighted by atomic mass is 16.4. The van der Waals surface area contributed by atoms with E-state index in [1.54, 1.807) is 31.2 Å². The van der Waals surface area contributed by atoms with Gasteiger partial charge in [-0.1, -0.05) is 108 Å². The molecule has 1 amide bonds. The van der Waals surface area contributed by atoms with Crippen molar-refractivity contribution in [2.75, 3.05) is 0 Å².